The van der Waals surface area contributed by atoms with Crippen LogP contribution in [0.5, 0.6) is 0 Å². The first-order valence-electron chi connectivity index (χ1n) is 9.74. The maximum atomic E-state index is 12.9. The van der Waals surface area contributed by atoms with Crippen molar-refractivity contribution in [1.82, 2.24) is 0 Å². The molecule has 2 aromatic rings. The van der Waals surface area contributed by atoms with Crippen LogP contribution in [-0.2, 0) is 9.53 Å². The Balaban J connectivity index is 1.71. The molecule has 0 N–H and O–H groups in total. The Labute approximate surface area is 205 Å². The number of anilines is 2. The topological polar surface area (TPSA) is 29.5 Å². The van der Waals surface area contributed by atoms with Crippen LogP contribution < -0.4 is 4.90 Å². The van der Waals surface area contributed by atoms with E-state index in [9.17, 15) is 4.79 Å². The molecule has 0 radical (unpaired) electrons. The smallest absolute Gasteiger partial charge is 0.310 e. The molecule has 1 aliphatic carbocycles. The molecule has 0 heterocycles. The quantitative estimate of drug-likeness (QED) is 0.250. The normalized spacial score (nSPS) is 22.1. The van der Waals surface area contributed by atoms with E-state index in [4.69, 9.17) is 27.9 Å². The van der Waals surface area contributed by atoms with Crippen molar-refractivity contribution in [2.24, 2.45) is 17.3 Å². The van der Waals surface area contributed by atoms with Gasteiger partial charge in [0.15, 0.2) is 3.24 Å². The number of rotatable bonds is 7. The summed E-state index contributed by atoms with van der Waals surface area (Å²) in [4.78, 5) is 14.8. The molecule has 2 aromatic carbocycles. The second-order valence-corrected chi connectivity index (χ2v) is 12.9. The highest BCUT2D eigenvalue weighted by Crippen LogP contribution is 2.65. The summed E-state index contributed by atoms with van der Waals surface area (Å²) in [7, 11) is 2.02. The number of alkyl halides is 4. The molecule has 0 amide bonds. The zero-order valence-corrected chi connectivity index (χ0v) is 22.0. The second-order valence-electron chi connectivity index (χ2n) is 8.34. The van der Waals surface area contributed by atoms with Crippen LogP contribution in [0.1, 0.15) is 32.4 Å². The van der Waals surface area contributed by atoms with Gasteiger partial charge in [-0.25, -0.2) is 0 Å². The maximum Gasteiger partial charge on any atom is 0.310 e. The zero-order chi connectivity index (χ0) is 22.3. The van der Waals surface area contributed by atoms with E-state index in [-0.39, 0.29) is 34.2 Å². The lowest BCUT2D eigenvalue weighted by molar-refractivity contribution is -0.151. The predicted octanol–water partition coefficient (Wildman–Crippen LogP) is 7.62. The number of hydrogen-bond acceptors (Lipinski definition) is 3. The lowest BCUT2D eigenvalue weighted by Gasteiger charge is -2.22. The van der Waals surface area contributed by atoms with Crippen molar-refractivity contribution < 1.29 is 9.53 Å². The summed E-state index contributed by atoms with van der Waals surface area (Å²) in [5, 5.41) is 0. The molecule has 1 aliphatic rings. The number of carbonyl (C=O) groups excluding carboxylic acids is 1. The highest BCUT2D eigenvalue weighted by Gasteiger charge is 2.67. The van der Waals surface area contributed by atoms with Gasteiger partial charge in [0, 0.05) is 18.4 Å². The number of hydrogen-bond donors (Lipinski definition) is 0. The molecule has 0 aliphatic heterocycles. The third-order valence-electron chi connectivity index (χ3n) is 5.96. The van der Waals surface area contributed by atoms with Crippen molar-refractivity contribution in [3.63, 3.8) is 0 Å². The average molecular weight is 578 g/mol. The van der Waals surface area contributed by atoms with Gasteiger partial charge in [-0.3, -0.25) is 4.79 Å². The summed E-state index contributed by atoms with van der Waals surface area (Å²) < 4.78 is 4.70. The Bertz CT molecular complexity index is 902. The minimum atomic E-state index is -1.15. The fourth-order valence-corrected chi connectivity index (χ4v) is 5.52. The molecule has 1 saturated carbocycles. The minimum Gasteiger partial charge on any atom is -0.458 e. The average Bonchev–Trinajstić information content (AvgIpc) is 3.28. The molecule has 0 saturated heterocycles. The Morgan fingerprint density at radius 2 is 1.73 bits per heavy atom. The van der Waals surface area contributed by atoms with Gasteiger partial charge >= 0.3 is 5.97 Å². The van der Waals surface area contributed by atoms with Crippen molar-refractivity contribution in [3.8, 4) is 0 Å². The van der Waals surface area contributed by atoms with Gasteiger partial charge < -0.3 is 9.64 Å². The van der Waals surface area contributed by atoms with Crippen LogP contribution in [0.25, 0.3) is 0 Å². The molecular formula is C23H25Br2Cl2NO2. The van der Waals surface area contributed by atoms with E-state index < -0.39 is 3.24 Å². The van der Waals surface area contributed by atoms with Gasteiger partial charge in [0.1, 0.15) is 6.10 Å². The van der Waals surface area contributed by atoms with Gasteiger partial charge in [0.2, 0.25) is 0 Å². The van der Waals surface area contributed by atoms with Crippen LogP contribution in [0.2, 0.25) is 0 Å². The lowest BCUT2D eigenvalue weighted by Crippen LogP contribution is -2.24. The van der Waals surface area contributed by atoms with E-state index in [1.54, 1.807) is 0 Å². The van der Waals surface area contributed by atoms with Gasteiger partial charge in [-0.15, -0.1) is 0 Å². The highest BCUT2D eigenvalue weighted by atomic mass is 79.9. The number of ether oxygens (including phenoxy) is 1. The number of benzene rings is 2. The number of para-hydroxylation sites is 1. The molecule has 0 spiro atoms. The first kappa shape index (κ1) is 23.9. The summed E-state index contributed by atoms with van der Waals surface area (Å²) in [5.41, 5.74) is 2.81. The molecule has 7 heteroatoms. The standard InChI is InChI=1S/C23H25Br2Cl2NO2/c1-14(30-21(29)19-18(22(19,2)3)20(24)23(25,26)27)15-9-8-12-17(13-15)28(4)16-10-6-5-7-11-16/h5-14,18-20H,1-4H3. The molecule has 4 atom stereocenters. The Hall–Kier alpha value is -0.750. The third kappa shape index (κ3) is 5.01. The van der Waals surface area contributed by atoms with Crippen LogP contribution in [0.4, 0.5) is 11.4 Å². The summed E-state index contributed by atoms with van der Waals surface area (Å²) in [5.74, 6) is -0.523. The largest absolute Gasteiger partial charge is 0.458 e. The maximum absolute atomic E-state index is 12.9. The molecule has 3 rings (SSSR count). The SMILES string of the molecule is CC(OC(=O)C1C(C(Br)C(Cl)(Cl)Br)C1(C)C)c1cccc(N(C)c2ccccc2)c1. The number of nitrogens with zero attached hydrogens (tertiary/aromatic N) is 1. The Morgan fingerprint density at radius 3 is 2.33 bits per heavy atom. The van der Waals surface area contributed by atoms with E-state index in [0.29, 0.717) is 0 Å². The van der Waals surface area contributed by atoms with Crippen molar-refractivity contribution in [1.29, 1.82) is 0 Å². The third-order valence-corrected chi connectivity index (χ3v) is 9.32. The van der Waals surface area contributed by atoms with Gasteiger partial charge in [0.25, 0.3) is 0 Å². The molecule has 30 heavy (non-hydrogen) atoms. The Morgan fingerprint density at radius 1 is 1.13 bits per heavy atom. The fraction of sp³-hybridized carbons (Fsp3) is 0.435. The molecule has 1 fully saturated rings. The van der Waals surface area contributed by atoms with E-state index in [0.717, 1.165) is 16.9 Å². The number of halogens is 4. The molecule has 0 bridgehead atoms. The molecule has 162 valence electrons. The first-order valence-corrected chi connectivity index (χ1v) is 12.2. The van der Waals surface area contributed by atoms with Crippen molar-refractivity contribution in [3.05, 3.63) is 60.2 Å². The van der Waals surface area contributed by atoms with E-state index in [1.165, 1.54) is 0 Å². The van der Waals surface area contributed by atoms with Gasteiger partial charge in [-0.05, 0) is 64.0 Å². The van der Waals surface area contributed by atoms with E-state index >= 15 is 0 Å². The monoisotopic (exact) mass is 575 g/mol. The summed E-state index contributed by atoms with van der Waals surface area (Å²) in [6.07, 6.45) is -0.367. The predicted molar refractivity (Wildman–Crippen MR) is 132 cm³/mol. The minimum absolute atomic E-state index is 0.0258. The van der Waals surface area contributed by atoms with Crippen LogP contribution in [0.15, 0.2) is 54.6 Å². The van der Waals surface area contributed by atoms with Crippen LogP contribution in [-0.4, -0.2) is 21.1 Å². The number of carbonyl (C=O) groups is 1. The highest BCUT2D eigenvalue weighted by molar-refractivity contribution is 9.13. The van der Waals surface area contributed by atoms with Crippen molar-refractivity contribution in [2.75, 3.05) is 11.9 Å². The number of esters is 1. The molecule has 3 nitrogen and oxygen atoms in total. The van der Waals surface area contributed by atoms with Gasteiger partial charge in [-0.1, -0.05) is 83.3 Å². The van der Waals surface area contributed by atoms with Crippen molar-refractivity contribution >= 4 is 72.4 Å². The lowest BCUT2D eigenvalue weighted by atomic mass is 10.1. The van der Waals surface area contributed by atoms with Crippen molar-refractivity contribution in [2.45, 2.75) is 34.9 Å². The summed E-state index contributed by atoms with van der Waals surface area (Å²) in [6, 6.07) is 18.2. The van der Waals surface area contributed by atoms with E-state index in [2.05, 4.69) is 55.0 Å². The van der Waals surface area contributed by atoms with Crippen LogP contribution in [0.3, 0.4) is 0 Å². The second kappa shape index (κ2) is 9.01. The van der Waals surface area contributed by atoms with Crippen LogP contribution >= 0.6 is 55.1 Å². The summed E-state index contributed by atoms with van der Waals surface area (Å²) >= 11 is 19.2. The summed E-state index contributed by atoms with van der Waals surface area (Å²) in [6.45, 7) is 5.96. The molecule has 0 aromatic heterocycles. The zero-order valence-electron chi connectivity index (χ0n) is 17.3. The van der Waals surface area contributed by atoms with Gasteiger partial charge in [0.05, 0.1) is 10.7 Å². The first-order chi connectivity index (χ1) is 13.9. The fourth-order valence-electron chi connectivity index (χ4n) is 3.98. The molecular weight excluding hydrogens is 553 g/mol. The van der Waals surface area contributed by atoms with E-state index in [1.807, 2.05) is 64.2 Å². The Kier molecular flexibility index (Phi) is 7.18. The van der Waals surface area contributed by atoms with Crippen LogP contribution in [0, 0.1) is 17.3 Å². The van der Waals surface area contributed by atoms with Gasteiger partial charge in [-0.2, -0.15) is 0 Å². The molecule has 4 unspecified atom stereocenters.